The zero-order chi connectivity index (χ0) is 14.4. The summed E-state index contributed by atoms with van der Waals surface area (Å²) in [6.07, 6.45) is 4.48. The van der Waals surface area contributed by atoms with Crippen LogP contribution < -0.4 is 5.32 Å². The van der Waals surface area contributed by atoms with Gasteiger partial charge in [-0.2, -0.15) is 0 Å². The standard InChI is InChI=1S/C17H21N3O/c1-19-7-4-13-2-3-14(10-16(13)19)17(21)18-15-11-20-8-5-12(15)6-9-20/h2-4,7,10,12,15H,5-6,8-9,11H2,1H3,(H,18,21)/t15-/m0/s1. The molecule has 1 aromatic carbocycles. The van der Waals surface area contributed by atoms with Crippen molar-refractivity contribution in [2.75, 3.05) is 19.6 Å². The molecule has 2 bridgehead atoms. The average molecular weight is 283 g/mol. The van der Waals surface area contributed by atoms with Crippen LogP contribution in [0, 0.1) is 5.92 Å². The molecule has 4 nitrogen and oxygen atoms in total. The molecule has 0 unspecified atom stereocenters. The van der Waals surface area contributed by atoms with Crippen molar-refractivity contribution in [2.45, 2.75) is 18.9 Å². The summed E-state index contributed by atoms with van der Waals surface area (Å²) in [6, 6.07) is 8.35. The van der Waals surface area contributed by atoms with Crippen molar-refractivity contribution in [3.63, 3.8) is 0 Å². The highest BCUT2D eigenvalue weighted by Gasteiger charge is 2.34. The van der Waals surface area contributed by atoms with Crippen LogP contribution in [-0.4, -0.2) is 41.1 Å². The fraction of sp³-hybridized carbons (Fsp3) is 0.471. The number of carbonyl (C=O) groups is 1. The molecule has 1 N–H and O–H groups in total. The predicted octanol–water partition coefficient (Wildman–Crippen LogP) is 2.00. The summed E-state index contributed by atoms with van der Waals surface area (Å²) in [7, 11) is 2.01. The molecular formula is C17H21N3O. The number of benzene rings is 1. The Morgan fingerprint density at radius 3 is 2.76 bits per heavy atom. The van der Waals surface area contributed by atoms with Gasteiger partial charge in [0.1, 0.15) is 0 Å². The number of hydrogen-bond donors (Lipinski definition) is 1. The maximum Gasteiger partial charge on any atom is 0.251 e. The zero-order valence-electron chi connectivity index (χ0n) is 12.4. The van der Waals surface area contributed by atoms with Gasteiger partial charge in [-0.3, -0.25) is 4.79 Å². The van der Waals surface area contributed by atoms with Crippen LogP contribution in [-0.2, 0) is 7.05 Å². The van der Waals surface area contributed by atoms with Crippen LogP contribution in [0.3, 0.4) is 0 Å². The minimum Gasteiger partial charge on any atom is -0.351 e. The smallest absolute Gasteiger partial charge is 0.251 e. The lowest BCUT2D eigenvalue weighted by Crippen LogP contribution is -2.57. The summed E-state index contributed by atoms with van der Waals surface area (Å²) in [4.78, 5) is 15.0. The number of nitrogens with one attached hydrogen (secondary N) is 1. The summed E-state index contributed by atoms with van der Waals surface area (Å²) >= 11 is 0. The fourth-order valence-corrected chi connectivity index (χ4v) is 3.78. The first-order valence-electron chi connectivity index (χ1n) is 7.79. The number of nitrogens with zero attached hydrogens (tertiary/aromatic N) is 2. The van der Waals surface area contributed by atoms with Gasteiger partial charge in [0.05, 0.1) is 0 Å². The third kappa shape index (κ3) is 2.23. The van der Waals surface area contributed by atoms with Crippen molar-refractivity contribution in [2.24, 2.45) is 13.0 Å². The van der Waals surface area contributed by atoms with Gasteiger partial charge in [-0.1, -0.05) is 6.07 Å². The second kappa shape index (κ2) is 4.88. The Labute approximate surface area is 124 Å². The SMILES string of the molecule is Cn1ccc2ccc(C(=O)N[C@H]3CN4CCC3CC4)cc21. The van der Waals surface area contributed by atoms with Crippen molar-refractivity contribution in [3.8, 4) is 0 Å². The summed E-state index contributed by atoms with van der Waals surface area (Å²) in [5.74, 6) is 0.731. The fourth-order valence-electron chi connectivity index (χ4n) is 3.78. The van der Waals surface area contributed by atoms with Gasteiger partial charge in [-0.25, -0.2) is 0 Å². The van der Waals surface area contributed by atoms with Crippen LogP contribution >= 0.6 is 0 Å². The van der Waals surface area contributed by atoms with Crippen LogP contribution in [0.5, 0.6) is 0 Å². The Hall–Kier alpha value is -1.81. The molecule has 1 aromatic heterocycles. The molecule has 0 radical (unpaired) electrons. The molecule has 3 aliphatic rings. The number of fused-ring (bicyclic) bond motifs is 4. The van der Waals surface area contributed by atoms with Gasteiger partial charge in [-0.15, -0.1) is 0 Å². The van der Waals surface area contributed by atoms with Crippen molar-refractivity contribution in [1.29, 1.82) is 0 Å². The quantitative estimate of drug-likeness (QED) is 0.915. The molecule has 3 aliphatic heterocycles. The zero-order valence-corrected chi connectivity index (χ0v) is 12.4. The lowest BCUT2D eigenvalue weighted by Gasteiger charge is -2.44. The van der Waals surface area contributed by atoms with Gasteiger partial charge in [0.2, 0.25) is 0 Å². The molecule has 2 aromatic rings. The van der Waals surface area contributed by atoms with Gasteiger partial charge in [0.25, 0.3) is 5.91 Å². The topological polar surface area (TPSA) is 37.3 Å². The van der Waals surface area contributed by atoms with Gasteiger partial charge in [0.15, 0.2) is 0 Å². The number of amides is 1. The summed E-state index contributed by atoms with van der Waals surface area (Å²) in [5.41, 5.74) is 1.87. The van der Waals surface area contributed by atoms with E-state index in [1.54, 1.807) is 0 Å². The first kappa shape index (κ1) is 12.9. The van der Waals surface area contributed by atoms with Crippen LogP contribution in [0.15, 0.2) is 30.5 Å². The molecule has 1 atom stereocenters. The first-order valence-corrected chi connectivity index (χ1v) is 7.79. The Bertz CT molecular complexity index is 682. The average Bonchev–Trinajstić information content (AvgIpc) is 2.89. The molecule has 110 valence electrons. The Morgan fingerprint density at radius 1 is 1.24 bits per heavy atom. The summed E-state index contributed by atoms with van der Waals surface area (Å²) in [5, 5.41) is 4.43. The second-order valence-corrected chi connectivity index (χ2v) is 6.42. The molecule has 3 fully saturated rings. The Balaban J connectivity index is 1.54. The van der Waals surface area contributed by atoms with E-state index in [1.165, 1.54) is 31.3 Å². The van der Waals surface area contributed by atoms with E-state index in [9.17, 15) is 4.79 Å². The van der Waals surface area contributed by atoms with Crippen LogP contribution in [0.1, 0.15) is 23.2 Å². The lowest BCUT2D eigenvalue weighted by molar-refractivity contribution is 0.0620. The summed E-state index contributed by atoms with van der Waals surface area (Å²) < 4.78 is 2.06. The van der Waals surface area contributed by atoms with E-state index in [2.05, 4.69) is 20.9 Å². The predicted molar refractivity (Wildman–Crippen MR) is 83.3 cm³/mol. The number of aromatic nitrogens is 1. The van der Waals surface area contributed by atoms with E-state index in [4.69, 9.17) is 0 Å². The molecule has 5 rings (SSSR count). The molecule has 0 spiro atoms. The largest absolute Gasteiger partial charge is 0.351 e. The highest BCUT2D eigenvalue weighted by molar-refractivity contribution is 5.98. The molecule has 0 saturated carbocycles. The molecule has 0 aliphatic carbocycles. The van der Waals surface area contributed by atoms with E-state index in [-0.39, 0.29) is 5.91 Å². The minimum absolute atomic E-state index is 0.0665. The molecule has 4 heteroatoms. The van der Waals surface area contributed by atoms with Crippen LogP contribution in [0.25, 0.3) is 10.9 Å². The Morgan fingerprint density at radius 2 is 2.05 bits per heavy atom. The minimum atomic E-state index is 0.0665. The van der Waals surface area contributed by atoms with Crippen molar-refractivity contribution in [3.05, 3.63) is 36.0 Å². The molecule has 21 heavy (non-hydrogen) atoms. The number of hydrogen-bond acceptors (Lipinski definition) is 2. The maximum atomic E-state index is 12.5. The highest BCUT2D eigenvalue weighted by Crippen LogP contribution is 2.27. The van der Waals surface area contributed by atoms with E-state index >= 15 is 0 Å². The Kier molecular flexibility index (Phi) is 3.00. The van der Waals surface area contributed by atoms with E-state index in [0.29, 0.717) is 12.0 Å². The molecule has 3 saturated heterocycles. The number of rotatable bonds is 2. The van der Waals surface area contributed by atoms with E-state index in [1.807, 2.05) is 31.4 Å². The van der Waals surface area contributed by atoms with Gasteiger partial charge < -0.3 is 14.8 Å². The third-order valence-electron chi connectivity index (χ3n) is 5.12. The van der Waals surface area contributed by atoms with Gasteiger partial charge in [-0.05, 0) is 55.4 Å². The lowest BCUT2D eigenvalue weighted by atomic mass is 9.84. The number of piperidine rings is 3. The molecule has 4 heterocycles. The third-order valence-corrected chi connectivity index (χ3v) is 5.12. The van der Waals surface area contributed by atoms with Crippen LogP contribution in [0.2, 0.25) is 0 Å². The monoisotopic (exact) mass is 283 g/mol. The molecular weight excluding hydrogens is 262 g/mol. The van der Waals surface area contributed by atoms with E-state index < -0.39 is 0 Å². The van der Waals surface area contributed by atoms with Crippen molar-refractivity contribution in [1.82, 2.24) is 14.8 Å². The maximum absolute atomic E-state index is 12.5. The van der Waals surface area contributed by atoms with Crippen LogP contribution in [0.4, 0.5) is 0 Å². The number of carbonyl (C=O) groups excluding carboxylic acids is 1. The molecule has 1 amide bonds. The van der Waals surface area contributed by atoms with Gasteiger partial charge >= 0.3 is 0 Å². The highest BCUT2D eigenvalue weighted by atomic mass is 16.1. The number of aryl methyl sites for hydroxylation is 1. The van der Waals surface area contributed by atoms with E-state index in [0.717, 1.165) is 17.6 Å². The second-order valence-electron chi connectivity index (χ2n) is 6.42. The normalized spacial score (nSPS) is 28.0. The summed E-state index contributed by atoms with van der Waals surface area (Å²) in [6.45, 7) is 3.42. The van der Waals surface area contributed by atoms with Crippen molar-refractivity contribution < 1.29 is 4.79 Å². The van der Waals surface area contributed by atoms with Crippen molar-refractivity contribution >= 4 is 16.8 Å². The first-order chi connectivity index (χ1) is 10.2. The van der Waals surface area contributed by atoms with Gasteiger partial charge in [0, 0.05) is 36.9 Å².